The van der Waals surface area contributed by atoms with Crippen molar-refractivity contribution in [1.82, 2.24) is 4.98 Å². The van der Waals surface area contributed by atoms with Gasteiger partial charge in [0.15, 0.2) is 0 Å². The number of para-hydroxylation sites is 1. The molecule has 0 amide bonds. The number of nitrogens with zero attached hydrogens (tertiary/aromatic N) is 2. The van der Waals surface area contributed by atoms with E-state index in [0.717, 1.165) is 55.3 Å². The first-order chi connectivity index (χ1) is 23.8. The van der Waals surface area contributed by atoms with E-state index in [-0.39, 0.29) is 0 Å². The number of rotatable bonds is 4. The van der Waals surface area contributed by atoms with Gasteiger partial charge < -0.3 is 9.32 Å². The molecule has 0 spiro atoms. The van der Waals surface area contributed by atoms with Crippen molar-refractivity contribution in [3.63, 3.8) is 0 Å². The molecule has 0 saturated heterocycles. The normalized spacial score (nSPS) is 12.2. The first kappa shape index (κ1) is 26.3. The Morgan fingerprint density at radius 3 is 2.15 bits per heavy atom. The van der Waals surface area contributed by atoms with E-state index in [1.54, 1.807) is 11.3 Å². The maximum absolute atomic E-state index is 6.41. The molecule has 224 valence electrons. The Kier molecular flexibility index (Phi) is 5.42. The second kappa shape index (κ2) is 9.88. The van der Waals surface area contributed by atoms with E-state index >= 15 is 0 Å². The fraction of sp³-hybridized carbons (Fsp3) is 0. The summed E-state index contributed by atoms with van der Waals surface area (Å²) in [4.78, 5) is 8.84. The Morgan fingerprint density at radius 1 is 0.500 bits per heavy atom. The molecule has 0 saturated carbocycles. The predicted molar refractivity (Wildman–Crippen MR) is 204 cm³/mol. The van der Waals surface area contributed by atoms with Gasteiger partial charge in [-0.05, 0) is 42.5 Å². The number of hydrogen-bond acceptors (Lipinski definition) is 5. The van der Waals surface area contributed by atoms with Gasteiger partial charge in [0.25, 0.3) is 0 Å². The molecule has 5 heteroatoms. The second-order valence-corrected chi connectivity index (χ2v) is 14.4. The number of anilines is 3. The molecule has 0 fully saturated rings. The smallest absolute Gasteiger partial charge is 0.137 e. The van der Waals surface area contributed by atoms with Crippen molar-refractivity contribution in [2.45, 2.75) is 0 Å². The lowest BCUT2D eigenvalue weighted by molar-refractivity contribution is 0.669. The monoisotopic (exact) mass is 648 g/mol. The van der Waals surface area contributed by atoms with Crippen molar-refractivity contribution in [2.75, 3.05) is 4.90 Å². The molecule has 0 radical (unpaired) electrons. The minimum absolute atomic E-state index is 0.882. The SMILES string of the molecule is c1ccc(-c2nc3c(s2)-c2cccc4c(N(c5ccc6c(c5)oc5ccccc56)c5ccc6c(c5)sc5ccccc56)ccc-3c24)cc1. The van der Waals surface area contributed by atoms with E-state index in [1.165, 1.54) is 46.9 Å². The predicted octanol–water partition coefficient (Wildman–Crippen LogP) is 13.3. The van der Waals surface area contributed by atoms with Crippen LogP contribution in [0, 0.1) is 0 Å². The van der Waals surface area contributed by atoms with Crippen LogP contribution in [0.15, 0.2) is 150 Å². The Bertz CT molecular complexity index is 2770. The van der Waals surface area contributed by atoms with Gasteiger partial charge in [-0.2, -0.15) is 0 Å². The summed E-state index contributed by atoms with van der Waals surface area (Å²) in [5.74, 6) is 0. The fourth-order valence-electron chi connectivity index (χ4n) is 7.50. The van der Waals surface area contributed by atoms with Gasteiger partial charge in [0.05, 0.1) is 16.3 Å². The van der Waals surface area contributed by atoms with Crippen LogP contribution < -0.4 is 4.90 Å². The van der Waals surface area contributed by atoms with Crippen molar-refractivity contribution in [3.8, 4) is 32.3 Å². The summed E-state index contributed by atoms with van der Waals surface area (Å²) in [6, 6.07) is 52.2. The standard InChI is InChI=1S/C43H24N2OS2/c1-2-9-25(10-3-1)43-44-41-33-21-22-35(32-13-8-14-34(40(32)33)42(41)48-43)45(26-17-19-29-28-11-4-6-15-36(28)46-37(29)23-26)27-18-20-31-30-12-5-7-16-38(30)47-39(31)24-27/h1-24H. The van der Waals surface area contributed by atoms with Crippen LogP contribution in [0.25, 0.3) is 85.2 Å². The lowest BCUT2D eigenvalue weighted by Crippen LogP contribution is -2.10. The van der Waals surface area contributed by atoms with E-state index in [0.29, 0.717) is 0 Å². The molecule has 0 aliphatic heterocycles. The third kappa shape index (κ3) is 3.71. The largest absolute Gasteiger partial charge is 0.456 e. The third-order valence-electron chi connectivity index (χ3n) is 9.65. The molecule has 3 aromatic heterocycles. The molecule has 48 heavy (non-hydrogen) atoms. The quantitative estimate of drug-likeness (QED) is 0.190. The Morgan fingerprint density at radius 2 is 1.23 bits per heavy atom. The summed E-state index contributed by atoms with van der Waals surface area (Å²) < 4.78 is 8.99. The number of benzene rings is 7. The average Bonchev–Trinajstić information content (AvgIpc) is 3.90. The number of thiophene rings is 1. The number of hydrogen-bond donors (Lipinski definition) is 0. The molecule has 11 rings (SSSR count). The highest BCUT2D eigenvalue weighted by Gasteiger charge is 2.29. The maximum Gasteiger partial charge on any atom is 0.137 e. The van der Waals surface area contributed by atoms with Gasteiger partial charge in [-0.1, -0.05) is 97.1 Å². The van der Waals surface area contributed by atoms with Crippen molar-refractivity contribution in [1.29, 1.82) is 0 Å². The van der Waals surface area contributed by atoms with Crippen LogP contribution in [0.4, 0.5) is 17.1 Å². The molecule has 0 atom stereocenters. The highest BCUT2D eigenvalue weighted by atomic mass is 32.1. The van der Waals surface area contributed by atoms with Crippen LogP contribution in [0.2, 0.25) is 0 Å². The van der Waals surface area contributed by atoms with Crippen LogP contribution >= 0.6 is 22.7 Å². The van der Waals surface area contributed by atoms with Crippen molar-refractivity contribution < 1.29 is 4.42 Å². The number of aromatic nitrogens is 1. The van der Waals surface area contributed by atoms with E-state index < -0.39 is 0 Å². The lowest BCUT2D eigenvalue weighted by Gasteiger charge is -2.27. The molecule has 3 nitrogen and oxygen atoms in total. The van der Waals surface area contributed by atoms with Gasteiger partial charge in [0, 0.05) is 75.8 Å². The van der Waals surface area contributed by atoms with Crippen LogP contribution in [-0.2, 0) is 0 Å². The minimum Gasteiger partial charge on any atom is -0.456 e. The van der Waals surface area contributed by atoms with Crippen LogP contribution in [0.5, 0.6) is 0 Å². The lowest BCUT2D eigenvalue weighted by atomic mass is 10.0. The van der Waals surface area contributed by atoms with Crippen LogP contribution in [0.1, 0.15) is 0 Å². The summed E-state index contributed by atoms with van der Waals surface area (Å²) in [6.07, 6.45) is 0. The molecule has 0 unspecified atom stereocenters. The fourth-order valence-corrected chi connectivity index (χ4v) is 9.75. The van der Waals surface area contributed by atoms with Crippen molar-refractivity contribution >= 4 is 92.6 Å². The van der Waals surface area contributed by atoms with Gasteiger partial charge in [0.1, 0.15) is 16.2 Å². The molecule has 1 aliphatic rings. The van der Waals surface area contributed by atoms with E-state index in [1.807, 2.05) is 23.5 Å². The molecule has 0 N–H and O–H groups in total. The Balaban J connectivity index is 1.14. The summed E-state index contributed by atoms with van der Waals surface area (Å²) in [5, 5.41) is 8.38. The first-order valence-corrected chi connectivity index (χ1v) is 17.7. The van der Waals surface area contributed by atoms with Crippen LogP contribution in [-0.4, -0.2) is 4.98 Å². The summed E-state index contributed by atoms with van der Waals surface area (Å²) in [7, 11) is 0. The summed E-state index contributed by atoms with van der Waals surface area (Å²) in [5.41, 5.74) is 9.78. The van der Waals surface area contributed by atoms with Gasteiger partial charge in [-0.25, -0.2) is 4.98 Å². The molecule has 0 bridgehead atoms. The Labute approximate surface area is 283 Å². The van der Waals surface area contributed by atoms with Crippen molar-refractivity contribution in [2.24, 2.45) is 0 Å². The minimum atomic E-state index is 0.882. The highest BCUT2D eigenvalue weighted by Crippen LogP contribution is 2.54. The van der Waals surface area contributed by atoms with Gasteiger partial charge in [0.2, 0.25) is 0 Å². The zero-order valence-corrected chi connectivity index (χ0v) is 27.1. The molecule has 10 aromatic rings. The van der Waals surface area contributed by atoms with E-state index in [2.05, 4.69) is 138 Å². The maximum atomic E-state index is 6.41. The molecular formula is C43H24N2OS2. The zero-order chi connectivity index (χ0) is 31.3. The van der Waals surface area contributed by atoms with E-state index in [4.69, 9.17) is 9.40 Å². The van der Waals surface area contributed by atoms with Gasteiger partial charge in [-0.3, -0.25) is 0 Å². The topological polar surface area (TPSA) is 29.3 Å². The number of thiazole rings is 1. The number of furan rings is 1. The van der Waals surface area contributed by atoms with Crippen LogP contribution in [0.3, 0.4) is 0 Å². The number of fused-ring (bicyclic) bond motifs is 9. The third-order valence-corrected chi connectivity index (χ3v) is 11.9. The zero-order valence-electron chi connectivity index (χ0n) is 25.5. The molecular weight excluding hydrogens is 625 g/mol. The van der Waals surface area contributed by atoms with Gasteiger partial charge >= 0.3 is 0 Å². The molecule has 7 aromatic carbocycles. The van der Waals surface area contributed by atoms with Gasteiger partial charge in [-0.15, -0.1) is 22.7 Å². The first-order valence-electron chi connectivity index (χ1n) is 16.0. The molecule has 3 heterocycles. The highest BCUT2D eigenvalue weighted by molar-refractivity contribution is 7.25. The summed E-state index contributed by atoms with van der Waals surface area (Å²) in [6.45, 7) is 0. The average molecular weight is 649 g/mol. The van der Waals surface area contributed by atoms with E-state index in [9.17, 15) is 0 Å². The molecule has 1 aliphatic carbocycles. The van der Waals surface area contributed by atoms with Crippen molar-refractivity contribution in [3.05, 3.63) is 146 Å². The Hall–Kier alpha value is -5.75. The summed E-state index contributed by atoms with van der Waals surface area (Å²) >= 11 is 3.63. The second-order valence-electron chi connectivity index (χ2n) is 12.3.